The van der Waals surface area contributed by atoms with Crippen molar-refractivity contribution in [3.05, 3.63) is 57.6 Å². The standard InChI is InChI=1S/C26H28BrNO5/c1-25(2,3)33-24(32)28-22-5-4-10-26(22,23(30)31)14-21(29)15-6-8-19-16(11-15)12-17-13-18(27)7-9-20(17)19/h6-9,11,13,22H,4-5,10,12,14H2,1-3H3,(H,28,32)(H,30,31)/t22-,26-/m0/s1. The predicted molar refractivity (Wildman–Crippen MR) is 128 cm³/mol. The Hall–Kier alpha value is -2.67. The summed E-state index contributed by atoms with van der Waals surface area (Å²) in [6, 6.07) is 11.1. The first-order valence-corrected chi connectivity index (χ1v) is 12.0. The van der Waals surface area contributed by atoms with Gasteiger partial charge in [-0.25, -0.2) is 4.79 Å². The quantitative estimate of drug-likeness (QED) is 0.424. The van der Waals surface area contributed by atoms with Crippen molar-refractivity contribution in [2.75, 3.05) is 0 Å². The van der Waals surface area contributed by atoms with Gasteiger partial charge in [0.2, 0.25) is 0 Å². The number of nitrogens with one attached hydrogen (secondary N) is 1. The summed E-state index contributed by atoms with van der Waals surface area (Å²) in [6.07, 6.45) is 1.35. The third-order valence-electron chi connectivity index (χ3n) is 6.54. The lowest BCUT2D eigenvalue weighted by Gasteiger charge is -2.32. The largest absolute Gasteiger partial charge is 0.481 e. The summed E-state index contributed by atoms with van der Waals surface area (Å²) in [5, 5.41) is 12.9. The molecule has 0 radical (unpaired) electrons. The molecule has 2 aromatic rings. The van der Waals surface area contributed by atoms with Gasteiger partial charge in [-0.2, -0.15) is 0 Å². The van der Waals surface area contributed by atoms with Gasteiger partial charge in [0, 0.05) is 22.5 Å². The highest BCUT2D eigenvalue weighted by molar-refractivity contribution is 9.10. The molecule has 2 aromatic carbocycles. The predicted octanol–water partition coefficient (Wildman–Crippen LogP) is 5.74. The minimum atomic E-state index is -1.35. The average molecular weight is 514 g/mol. The average Bonchev–Trinajstić information content (AvgIpc) is 3.26. The molecule has 0 saturated heterocycles. The number of rotatable bonds is 5. The zero-order chi connectivity index (χ0) is 24.0. The molecule has 6 nitrogen and oxygen atoms in total. The number of benzene rings is 2. The van der Waals surface area contributed by atoms with Crippen LogP contribution in [-0.2, 0) is 16.0 Å². The number of aliphatic carboxylic acids is 1. The van der Waals surface area contributed by atoms with Crippen molar-refractivity contribution in [2.45, 2.75) is 64.5 Å². The molecule has 2 aliphatic rings. The van der Waals surface area contributed by atoms with Crippen LogP contribution in [0.4, 0.5) is 4.79 Å². The van der Waals surface area contributed by atoms with Gasteiger partial charge in [0.05, 0.1) is 5.41 Å². The first kappa shape index (κ1) is 23.5. The molecule has 1 amide bonds. The Morgan fingerprint density at radius 2 is 1.79 bits per heavy atom. The molecular formula is C26H28BrNO5. The summed E-state index contributed by atoms with van der Waals surface area (Å²) >= 11 is 3.51. The van der Waals surface area contributed by atoms with Crippen molar-refractivity contribution in [1.29, 1.82) is 0 Å². The molecule has 0 aliphatic heterocycles. The van der Waals surface area contributed by atoms with Crippen LogP contribution in [0.15, 0.2) is 40.9 Å². The molecule has 174 valence electrons. The van der Waals surface area contributed by atoms with Gasteiger partial charge in [-0.15, -0.1) is 0 Å². The lowest BCUT2D eigenvalue weighted by molar-refractivity contribution is -0.149. The highest BCUT2D eigenvalue weighted by atomic mass is 79.9. The van der Waals surface area contributed by atoms with E-state index < -0.39 is 29.1 Å². The topological polar surface area (TPSA) is 92.7 Å². The first-order valence-electron chi connectivity index (χ1n) is 11.2. The number of carboxylic acid groups (broad SMARTS) is 1. The number of alkyl carbamates (subject to hydrolysis) is 1. The first-order chi connectivity index (χ1) is 15.5. The van der Waals surface area contributed by atoms with Crippen molar-refractivity contribution in [3.8, 4) is 11.1 Å². The Balaban J connectivity index is 1.55. The number of hydrogen-bond donors (Lipinski definition) is 2. The lowest BCUT2D eigenvalue weighted by atomic mass is 9.76. The van der Waals surface area contributed by atoms with E-state index in [4.69, 9.17) is 4.74 Å². The minimum absolute atomic E-state index is 0.167. The zero-order valence-corrected chi connectivity index (χ0v) is 20.6. The highest BCUT2D eigenvalue weighted by Crippen LogP contribution is 2.44. The fourth-order valence-electron chi connectivity index (χ4n) is 5.02. The maximum absolute atomic E-state index is 13.3. The van der Waals surface area contributed by atoms with Gasteiger partial charge in [-0.05, 0) is 80.5 Å². The van der Waals surface area contributed by atoms with Crippen molar-refractivity contribution in [3.63, 3.8) is 0 Å². The van der Waals surface area contributed by atoms with Crippen LogP contribution in [-0.4, -0.2) is 34.6 Å². The summed E-state index contributed by atoms with van der Waals surface area (Å²) in [7, 11) is 0. The highest BCUT2D eigenvalue weighted by Gasteiger charge is 2.51. The number of fused-ring (bicyclic) bond motifs is 3. The van der Waals surface area contributed by atoms with Gasteiger partial charge in [0.15, 0.2) is 5.78 Å². The van der Waals surface area contributed by atoms with Crippen LogP contribution in [0, 0.1) is 5.41 Å². The van der Waals surface area contributed by atoms with E-state index in [-0.39, 0.29) is 12.2 Å². The number of hydrogen-bond acceptors (Lipinski definition) is 4. The molecule has 0 aromatic heterocycles. The van der Waals surface area contributed by atoms with Gasteiger partial charge in [-0.1, -0.05) is 40.5 Å². The van der Waals surface area contributed by atoms with Crippen LogP contribution in [0.5, 0.6) is 0 Å². The second kappa shape index (κ2) is 8.60. The van der Waals surface area contributed by atoms with E-state index in [1.54, 1.807) is 26.8 Å². The van der Waals surface area contributed by atoms with E-state index in [1.165, 1.54) is 5.56 Å². The van der Waals surface area contributed by atoms with Crippen LogP contribution in [0.1, 0.15) is 67.9 Å². The molecule has 4 rings (SSSR count). The number of ether oxygens (including phenoxy) is 1. The number of Topliss-reactive ketones (excluding diaryl/α,β-unsaturated/α-hetero) is 1. The monoisotopic (exact) mass is 513 g/mol. The number of ketones is 1. The molecule has 2 N–H and O–H groups in total. The summed E-state index contributed by atoms with van der Waals surface area (Å²) in [5.74, 6) is -1.29. The van der Waals surface area contributed by atoms with Gasteiger partial charge in [0.1, 0.15) is 5.60 Å². The number of amides is 1. The molecule has 33 heavy (non-hydrogen) atoms. The van der Waals surface area contributed by atoms with Crippen molar-refractivity contribution < 1.29 is 24.2 Å². The van der Waals surface area contributed by atoms with Crippen LogP contribution in [0.3, 0.4) is 0 Å². The fraction of sp³-hybridized carbons (Fsp3) is 0.423. The molecule has 0 bridgehead atoms. The minimum Gasteiger partial charge on any atom is -0.481 e. The van der Waals surface area contributed by atoms with Gasteiger partial charge < -0.3 is 15.2 Å². The molecule has 0 unspecified atom stereocenters. The second-order valence-corrected chi connectivity index (χ2v) is 10.9. The Kier molecular flexibility index (Phi) is 6.12. The zero-order valence-electron chi connectivity index (χ0n) is 19.0. The molecule has 0 spiro atoms. The van der Waals surface area contributed by atoms with E-state index in [9.17, 15) is 19.5 Å². The number of carboxylic acids is 1. The van der Waals surface area contributed by atoms with E-state index in [0.717, 1.165) is 27.6 Å². The van der Waals surface area contributed by atoms with Crippen LogP contribution < -0.4 is 5.32 Å². The summed E-state index contributed by atoms with van der Waals surface area (Å²) in [4.78, 5) is 38.0. The van der Waals surface area contributed by atoms with Gasteiger partial charge >= 0.3 is 12.1 Å². The number of carbonyl (C=O) groups excluding carboxylic acids is 2. The Bertz CT molecular complexity index is 1140. The van der Waals surface area contributed by atoms with Crippen molar-refractivity contribution in [2.24, 2.45) is 5.41 Å². The van der Waals surface area contributed by atoms with Crippen LogP contribution in [0.2, 0.25) is 0 Å². The Morgan fingerprint density at radius 1 is 1.12 bits per heavy atom. The summed E-state index contributed by atoms with van der Waals surface area (Å²) in [5.41, 5.74) is 2.99. The summed E-state index contributed by atoms with van der Waals surface area (Å²) in [6.45, 7) is 5.25. The third-order valence-corrected chi connectivity index (χ3v) is 7.03. The molecule has 2 aliphatic carbocycles. The fourth-order valence-corrected chi connectivity index (χ4v) is 5.43. The van der Waals surface area contributed by atoms with Crippen molar-refractivity contribution in [1.82, 2.24) is 5.32 Å². The summed E-state index contributed by atoms with van der Waals surface area (Å²) < 4.78 is 6.33. The van der Waals surface area contributed by atoms with E-state index in [0.29, 0.717) is 24.8 Å². The van der Waals surface area contributed by atoms with Crippen molar-refractivity contribution >= 4 is 33.8 Å². The normalized spacial score (nSPS) is 21.3. The lowest BCUT2D eigenvalue weighted by Crippen LogP contribution is -2.50. The van der Waals surface area contributed by atoms with E-state index in [2.05, 4.69) is 33.4 Å². The molecule has 2 atom stereocenters. The van der Waals surface area contributed by atoms with Crippen LogP contribution >= 0.6 is 15.9 Å². The molecule has 7 heteroatoms. The Morgan fingerprint density at radius 3 is 2.45 bits per heavy atom. The molecular weight excluding hydrogens is 486 g/mol. The SMILES string of the molecule is CC(C)(C)OC(=O)N[C@H]1CCC[C@@]1(CC(=O)c1ccc2c(c1)Cc1cc(Br)ccc1-2)C(=O)O. The maximum Gasteiger partial charge on any atom is 0.407 e. The van der Waals surface area contributed by atoms with Gasteiger partial charge in [-0.3, -0.25) is 9.59 Å². The molecule has 1 fully saturated rings. The van der Waals surface area contributed by atoms with Gasteiger partial charge in [0.25, 0.3) is 0 Å². The van der Waals surface area contributed by atoms with E-state index >= 15 is 0 Å². The maximum atomic E-state index is 13.3. The third kappa shape index (κ3) is 4.69. The number of carbonyl (C=O) groups is 3. The van der Waals surface area contributed by atoms with Crippen LogP contribution in [0.25, 0.3) is 11.1 Å². The smallest absolute Gasteiger partial charge is 0.407 e. The molecule has 0 heterocycles. The molecule has 1 saturated carbocycles. The second-order valence-electron chi connectivity index (χ2n) is 10.0. The number of halogens is 1. The van der Waals surface area contributed by atoms with E-state index in [1.807, 2.05) is 18.2 Å². The Labute approximate surface area is 201 Å².